The van der Waals surface area contributed by atoms with E-state index < -0.39 is 5.69 Å². The minimum absolute atomic E-state index is 0.116. The maximum Gasteiger partial charge on any atom is 0.345 e. The van der Waals surface area contributed by atoms with Gasteiger partial charge in [0.05, 0.1) is 12.4 Å². The number of nitrogens with zero attached hydrogens (tertiary/aromatic N) is 1. The van der Waals surface area contributed by atoms with Gasteiger partial charge in [0.25, 0.3) is 0 Å². The van der Waals surface area contributed by atoms with Crippen LogP contribution in [0.1, 0.15) is 0 Å². The Balaban J connectivity index is 2.22. The smallest absolute Gasteiger partial charge is 0.345 e. The standard InChI is InChI=1S/C10H8N2O3/c13-7-2-1-3-8(4-7)15-9-5-11-10(14)12-6-9/h1-6,13H,(H,11,12,14). The van der Waals surface area contributed by atoms with Crippen molar-refractivity contribution in [1.82, 2.24) is 9.97 Å². The molecule has 76 valence electrons. The third-order valence-corrected chi connectivity index (χ3v) is 1.70. The number of aromatic nitrogens is 2. The number of H-pyrrole nitrogens is 1. The molecule has 0 aliphatic carbocycles. The molecule has 5 nitrogen and oxygen atoms in total. The summed E-state index contributed by atoms with van der Waals surface area (Å²) < 4.78 is 5.32. The minimum Gasteiger partial charge on any atom is -0.508 e. The van der Waals surface area contributed by atoms with E-state index in [0.717, 1.165) is 0 Å². The van der Waals surface area contributed by atoms with E-state index in [1.165, 1.54) is 24.5 Å². The molecule has 0 saturated heterocycles. The highest BCUT2D eigenvalue weighted by molar-refractivity contribution is 5.34. The first kappa shape index (κ1) is 9.26. The summed E-state index contributed by atoms with van der Waals surface area (Å²) in [5.41, 5.74) is -0.432. The lowest BCUT2D eigenvalue weighted by molar-refractivity contribution is 0.452. The van der Waals surface area contributed by atoms with E-state index in [9.17, 15) is 9.90 Å². The number of phenolic OH excluding ortho intramolecular Hbond substituents is 1. The van der Waals surface area contributed by atoms with Crippen molar-refractivity contribution in [2.45, 2.75) is 0 Å². The fourth-order valence-electron chi connectivity index (χ4n) is 1.07. The monoisotopic (exact) mass is 204 g/mol. The van der Waals surface area contributed by atoms with E-state index in [2.05, 4.69) is 9.97 Å². The highest BCUT2D eigenvalue weighted by Gasteiger charge is 1.98. The second-order valence-electron chi connectivity index (χ2n) is 2.85. The van der Waals surface area contributed by atoms with Gasteiger partial charge in [-0.15, -0.1) is 0 Å². The quantitative estimate of drug-likeness (QED) is 0.772. The van der Waals surface area contributed by atoms with Crippen LogP contribution >= 0.6 is 0 Å². The van der Waals surface area contributed by atoms with Crippen LogP contribution in [0.5, 0.6) is 17.2 Å². The topological polar surface area (TPSA) is 75.2 Å². The van der Waals surface area contributed by atoms with Crippen molar-refractivity contribution in [3.63, 3.8) is 0 Å². The van der Waals surface area contributed by atoms with Crippen LogP contribution in [-0.4, -0.2) is 15.1 Å². The van der Waals surface area contributed by atoms with Gasteiger partial charge in [0.1, 0.15) is 11.5 Å². The molecular formula is C10H8N2O3. The summed E-state index contributed by atoms with van der Waals surface area (Å²) in [7, 11) is 0. The predicted molar refractivity (Wildman–Crippen MR) is 53.0 cm³/mol. The Labute approximate surface area is 85.0 Å². The van der Waals surface area contributed by atoms with Crippen LogP contribution in [-0.2, 0) is 0 Å². The van der Waals surface area contributed by atoms with Gasteiger partial charge in [0.2, 0.25) is 0 Å². The van der Waals surface area contributed by atoms with Gasteiger partial charge in [-0.25, -0.2) is 4.79 Å². The van der Waals surface area contributed by atoms with Gasteiger partial charge in [0.15, 0.2) is 5.75 Å². The van der Waals surface area contributed by atoms with Crippen LogP contribution in [0, 0.1) is 0 Å². The molecule has 1 aromatic heterocycles. The van der Waals surface area contributed by atoms with Crippen molar-refractivity contribution in [3.8, 4) is 17.2 Å². The number of nitrogens with one attached hydrogen (secondary N) is 1. The van der Waals surface area contributed by atoms with Crippen LogP contribution in [0.25, 0.3) is 0 Å². The van der Waals surface area contributed by atoms with Gasteiger partial charge in [-0.2, -0.15) is 4.98 Å². The van der Waals surface area contributed by atoms with Gasteiger partial charge in [-0.05, 0) is 12.1 Å². The SMILES string of the molecule is O=c1ncc(Oc2cccc(O)c2)c[nH]1. The van der Waals surface area contributed by atoms with Crippen LogP contribution in [0.2, 0.25) is 0 Å². The summed E-state index contributed by atoms with van der Waals surface area (Å²) in [6.07, 6.45) is 2.71. The molecule has 0 spiro atoms. The zero-order valence-electron chi connectivity index (χ0n) is 7.68. The van der Waals surface area contributed by atoms with Crippen molar-refractivity contribution < 1.29 is 9.84 Å². The minimum atomic E-state index is -0.432. The Morgan fingerprint density at radius 1 is 1.33 bits per heavy atom. The fourth-order valence-corrected chi connectivity index (χ4v) is 1.07. The Kier molecular flexibility index (Phi) is 2.37. The molecule has 1 aromatic carbocycles. The molecule has 0 unspecified atom stereocenters. The normalized spacial score (nSPS) is 9.87. The Bertz CT molecular complexity index is 502. The first-order valence-electron chi connectivity index (χ1n) is 4.26. The molecule has 0 amide bonds. The number of rotatable bonds is 2. The molecule has 1 heterocycles. The van der Waals surface area contributed by atoms with Crippen LogP contribution in [0.15, 0.2) is 41.5 Å². The number of hydrogen-bond donors (Lipinski definition) is 2. The number of ether oxygens (including phenoxy) is 1. The highest BCUT2D eigenvalue weighted by atomic mass is 16.5. The van der Waals surface area contributed by atoms with Crippen LogP contribution < -0.4 is 10.4 Å². The van der Waals surface area contributed by atoms with Gasteiger partial charge in [0, 0.05) is 6.07 Å². The third kappa shape index (κ3) is 2.34. The van der Waals surface area contributed by atoms with Gasteiger partial charge in [-0.3, -0.25) is 0 Å². The average Bonchev–Trinajstić information content (AvgIpc) is 2.22. The average molecular weight is 204 g/mol. The van der Waals surface area contributed by atoms with E-state index in [0.29, 0.717) is 11.5 Å². The van der Waals surface area contributed by atoms with E-state index in [1.807, 2.05) is 0 Å². The van der Waals surface area contributed by atoms with Crippen LogP contribution in [0.4, 0.5) is 0 Å². The lowest BCUT2D eigenvalue weighted by Crippen LogP contribution is -2.07. The third-order valence-electron chi connectivity index (χ3n) is 1.70. The molecule has 0 bridgehead atoms. The summed E-state index contributed by atoms with van der Waals surface area (Å²) in [6.45, 7) is 0. The molecule has 2 rings (SSSR count). The largest absolute Gasteiger partial charge is 0.508 e. The van der Waals surface area contributed by atoms with Gasteiger partial charge < -0.3 is 14.8 Å². The molecule has 0 aliphatic heterocycles. The van der Waals surface area contributed by atoms with Crippen molar-refractivity contribution in [1.29, 1.82) is 0 Å². The zero-order chi connectivity index (χ0) is 10.7. The molecule has 2 aromatic rings. The van der Waals surface area contributed by atoms with E-state index in [4.69, 9.17) is 4.74 Å². The number of phenols is 1. The van der Waals surface area contributed by atoms with E-state index >= 15 is 0 Å². The maximum atomic E-state index is 10.7. The molecule has 0 radical (unpaired) electrons. The zero-order valence-corrected chi connectivity index (χ0v) is 7.68. The molecule has 5 heteroatoms. The lowest BCUT2D eigenvalue weighted by Gasteiger charge is -2.03. The van der Waals surface area contributed by atoms with Crippen molar-refractivity contribution in [2.24, 2.45) is 0 Å². The number of aromatic hydroxyl groups is 1. The molecule has 0 saturated carbocycles. The summed E-state index contributed by atoms with van der Waals surface area (Å²) in [5, 5.41) is 9.18. The Hall–Kier alpha value is -2.30. The van der Waals surface area contributed by atoms with Gasteiger partial charge in [-0.1, -0.05) is 6.07 Å². The molecule has 15 heavy (non-hydrogen) atoms. The second kappa shape index (κ2) is 3.83. The summed E-state index contributed by atoms with van der Waals surface area (Å²) in [4.78, 5) is 16.5. The number of benzene rings is 1. The van der Waals surface area contributed by atoms with Crippen molar-refractivity contribution in [2.75, 3.05) is 0 Å². The highest BCUT2D eigenvalue weighted by Crippen LogP contribution is 2.22. The molecule has 2 N–H and O–H groups in total. The number of hydrogen-bond acceptors (Lipinski definition) is 4. The first-order valence-corrected chi connectivity index (χ1v) is 4.26. The maximum absolute atomic E-state index is 10.7. The van der Waals surface area contributed by atoms with E-state index in [-0.39, 0.29) is 5.75 Å². The number of aromatic amines is 1. The Morgan fingerprint density at radius 3 is 2.87 bits per heavy atom. The molecular weight excluding hydrogens is 196 g/mol. The van der Waals surface area contributed by atoms with Crippen molar-refractivity contribution in [3.05, 3.63) is 47.1 Å². The molecule has 0 aliphatic rings. The van der Waals surface area contributed by atoms with Gasteiger partial charge >= 0.3 is 5.69 Å². The predicted octanol–water partition coefficient (Wildman–Crippen LogP) is 1.27. The van der Waals surface area contributed by atoms with Crippen molar-refractivity contribution >= 4 is 0 Å². The first-order chi connectivity index (χ1) is 7.24. The van der Waals surface area contributed by atoms with Crippen LogP contribution in [0.3, 0.4) is 0 Å². The summed E-state index contributed by atoms with van der Waals surface area (Å²) >= 11 is 0. The Morgan fingerprint density at radius 2 is 2.20 bits per heavy atom. The molecule has 0 atom stereocenters. The summed E-state index contributed by atoms with van der Waals surface area (Å²) in [5.74, 6) is 0.994. The van der Waals surface area contributed by atoms with E-state index in [1.54, 1.807) is 12.1 Å². The fraction of sp³-hybridized carbons (Fsp3) is 0. The summed E-state index contributed by atoms with van der Waals surface area (Å²) in [6, 6.07) is 6.34. The second-order valence-corrected chi connectivity index (χ2v) is 2.85. The lowest BCUT2D eigenvalue weighted by atomic mass is 10.3. The molecule has 0 fully saturated rings.